The molecule has 5 heterocycles. The lowest BCUT2D eigenvalue weighted by molar-refractivity contribution is 0.00578. The third-order valence-corrected chi connectivity index (χ3v) is 39.5. The van der Waals surface area contributed by atoms with E-state index < -0.39 is 45.3 Å². The van der Waals surface area contributed by atoms with Crippen molar-refractivity contribution in [1.29, 1.82) is 0 Å². The van der Waals surface area contributed by atoms with Crippen LogP contribution in [0.5, 0.6) is 0 Å². The third-order valence-electron chi connectivity index (χ3n) is 29.3. The van der Waals surface area contributed by atoms with Crippen LogP contribution in [-0.4, -0.2) is 34.5 Å². The lowest BCUT2D eigenvalue weighted by Crippen LogP contribution is -2.77. The summed E-state index contributed by atoms with van der Waals surface area (Å²) in [6.07, 6.45) is 0. The van der Waals surface area contributed by atoms with Crippen LogP contribution in [0.2, 0.25) is 0 Å². The summed E-state index contributed by atoms with van der Waals surface area (Å²) < 4.78 is 14.0. The van der Waals surface area contributed by atoms with Crippen LogP contribution in [0.15, 0.2) is 538 Å². The van der Waals surface area contributed by atoms with Gasteiger partial charge in [0.2, 0.25) is 0 Å². The minimum Gasteiger partial charge on any atom is -0.399 e. The Morgan fingerprint density at radius 2 is 0.443 bits per heavy atom. The van der Waals surface area contributed by atoms with Gasteiger partial charge in [0.25, 0.3) is 0 Å². The smallest absolute Gasteiger partial charge is 0.399 e. The van der Waals surface area contributed by atoms with Crippen LogP contribution in [0.3, 0.4) is 0 Å². The quantitative estimate of drug-likeness (QED) is 0.0797. The predicted molar refractivity (Wildman–Crippen MR) is 607 cm³/mol. The van der Waals surface area contributed by atoms with Gasteiger partial charge in [-0.25, -0.2) is 0 Å². The molecule has 25 rings (SSSR count). The van der Waals surface area contributed by atoms with Crippen molar-refractivity contribution in [3.8, 4) is 11.1 Å². The number of anilines is 12. The molecule has 0 aliphatic carbocycles. The van der Waals surface area contributed by atoms with E-state index in [1.54, 1.807) is 0 Å². The van der Waals surface area contributed by atoms with Crippen LogP contribution < -0.4 is 66.6 Å². The highest BCUT2D eigenvalue weighted by Gasteiger charge is 2.55. The zero-order chi connectivity index (χ0) is 93.0. The molecule has 0 bridgehead atoms. The van der Waals surface area contributed by atoms with Gasteiger partial charge in [-0.2, -0.15) is 0 Å². The van der Waals surface area contributed by atoms with Crippen molar-refractivity contribution in [3.05, 3.63) is 583 Å². The lowest BCUT2D eigenvalue weighted by atomic mass is 9.62. The molecule has 11 heteroatoms. The fraction of sp³-hybridized carbons (Fsp3) is 0.0698. The Hall–Kier alpha value is -14.8. The minimum absolute atomic E-state index is 0. The maximum absolute atomic E-state index is 6.44. The summed E-state index contributed by atoms with van der Waals surface area (Å²) in [6.45, 7) is 8.39. The highest BCUT2D eigenvalue weighted by Crippen LogP contribution is 2.60. The van der Waals surface area contributed by atoms with E-state index in [1.165, 1.54) is 120 Å². The van der Waals surface area contributed by atoms with Crippen molar-refractivity contribution in [2.75, 3.05) is 19.6 Å². The fourth-order valence-electron chi connectivity index (χ4n) is 22.8. The second-order valence-electron chi connectivity index (χ2n) is 37.2. The van der Waals surface area contributed by atoms with Gasteiger partial charge in [0.15, 0.2) is 16.1 Å². The first-order valence-electron chi connectivity index (χ1n) is 47.7. The summed E-state index contributed by atoms with van der Waals surface area (Å²) >= 11 is 3.69. The predicted octanol–water partition coefficient (Wildman–Crippen LogP) is 27.7. The molecule has 0 N–H and O–H groups in total. The Morgan fingerprint density at radius 3 is 0.729 bits per heavy atom. The molecule has 20 aromatic rings. The molecule has 0 aromatic heterocycles. The number of benzene rings is 20. The highest BCUT2D eigenvalue weighted by atomic mass is 127. The van der Waals surface area contributed by atoms with Crippen LogP contribution in [-0.2, 0) is 20.1 Å². The van der Waals surface area contributed by atoms with Gasteiger partial charge in [0.1, 0.15) is 0 Å². The highest BCUT2D eigenvalue weighted by molar-refractivity contribution is 14.0. The summed E-state index contributed by atoms with van der Waals surface area (Å²) in [5.74, 6) is 0. The van der Waals surface area contributed by atoms with E-state index in [0.29, 0.717) is 0 Å². The van der Waals surface area contributed by atoms with E-state index >= 15 is 0 Å². The molecule has 0 saturated carbocycles. The van der Waals surface area contributed by atoms with E-state index in [9.17, 15) is 0 Å². The number of halogens is 2. The van der Waals surface area contributed by atoms with Crippen molar-refractivity contribution < 1.29 is 9.31 Å². The second kappa shape index (κ2) is 38.2. The van der Waals surface area contributed by atoms with Crippen molar-refractivity contribution in [3.63, 3.8) is 0 Å². The first kappa shape index (κ1) is 91.6. The summed E-state index contributed by atoms with van der Waals surface area (Å²) in [5, 5.41) is 11.2. The molecule has 0 spiro atoms. The topological polar surface area (TPSA) is 31.4 Å². The molecule has 5 aliphatic heterocycles. The average molecular weight is 2020 g/mol. The van der Waals surface area contributed by atoms with E-state index in [2.05, 4.69) is 597 Å². The lowest BCUT2D eigenvalue weighted by Gasteiger charge is -2.46. The maximum Gasteiger partial charge on any atom is 0.494 e. The zero-order valence-corrected chi connectivity index (χ0v) is 83.7. The Morgan fingerprint density at radius 1 is 0.221 bits per heavy atom. The molecular weight excluding hydrogens is 1910 g/mol. The average Bonchev–Trinajstić information content (AvgIpc) is 1.05. The fourth-order valence-corrected chi connectivity index (χ4v) is 33.4. The van der Waals surface area contributed by atoms with Gasteiger partial charge >= 0.3 is 7.12 Å². The first-order valence-corrected chi connectivity index (χ1v) is 52.5. The van der Waals surface area contributed by atoms with E-state index in [-0.39, 0.29) is 31.4 Å². The van der Waals surface area contributed by atoms with Crippen LogP contribution in [0.1, 0.15) is 79.6 Å². The summed E-state index contributed by atoms with van der Waals surface area (Å²) in [6, 6.07) is 196. The Labute approximate surface area is 851 Å². The summed E-state index contributed by atoms with van der Waals surface area (Å²) in [7, 11) is -5.66. The number of nitrogens with zero attached hydrogens (tertiary/aromatic N) is 4. The maximum atomic E-state index is 6.44. The number of fused-ring (bicyclic) bond motifs is 8. The molecule has 0 unspecified atom stereocenters. The molecule has 0 radical (unpaired) electrons. The van der Waals surface area contributed by atoms with Crippen molar-refractivity contribution in [2.24, 2.45) is 0 Å². The van der Waals surface area contributed by atoms with Gasteiger partial charge in [-0.05, 0) is 233 Å². The van der Waals surface area contributed by atoms with Gasteiger partial charge < -0.3 is 28.9 Å². The largest absolute Gasteiger partial charge is 0.494 e. The Balaban J connectivity index is 0.000000132. The number of rotatable bonds is 14. The molecule has 20 aromatic carbocycles. The molecule has 1 fully saturated rings. The van der Waals surface area contributed by atoms with Crippen LogP contribution >= 0.6 is 39.9 Å². The SMILES string of the molecule is Brc1cccc(N2c3ccccc3[Si](c3ccccc3)(c3ccccc3)c3ccccc32)c1.C.CC1(C)OB(c2cccc(N3c4ccccc4C(c4ccccc4)(c4ccccc4)c4ccccc43)c2)OC1(C)C.I.c1ccc(C2(c3ccccc3)c3ccccc3N(c3cccc(-c4cccc(N5c6ccccc6[Si](c6ccccc6)(c6ccccc6)c6ccccc65)c4)c3)c3ccccc32)cc1. The standard InChI is InChI=1S/C61H44N2Si.C37H34BNO2.C30H22BrNSi.CH4.HI/c1-5-25-47(26-6-1)61(48-27-7-2-8-28-48)53-35-13-15-37-55(53)62(56-38-16-14-36-54(56)61)49-29-21-23-45(43-49)46-24-22-30-50(44-46)63-57-39-17-19-41-59(57)64(51-31-9-3-10-32-51,52-33-11-4-12-34-52)60-42-20-18-40-58(60)63;1-35(2)36(3,4)41-38(40-35)29-20-15-21-30(26-29)39-33-24-13-11-22-31(33)37(27-16-7-5-8-17-27,28-18-9-6-10-19-28)32-23-12-14-25-34(32)39;31-23-12-11-13-24(22-23)32-27-18-7-9-20-29(27)33(25-14-3-1-4-15-25,26-16-5-2-6-17-26)30-21-10-8-19-28(30)32;;/h1-44H;5-26H,1-4H3;1-22H;1H4;1H. The Bertz CT molecular complexity index is 7270. The molecule has 678 valence electrons. The van der Waals surface area contributed by atoms with Crippen LogP contribution in [0.25, 0.3) is 11.1 Å². The van der Waals surface area contributed by atoms with Crippen LogP contribution in [0.4, 0.5) is 68.2 Å². The van der Waals surface area contributed by atoms with Gasteiger partial charge in [0, 0.05) is 50.0 Å². The zero-order valence-electron chi connectivity index (χ0n) is 77.8. The van der Waals surface area contributed by atoms with Crippen molar-refractivity contribution >= 4 is 178 Å². The molecule has 5 aliphatic rings. The molecule has 140 heavy (non-hydrogen) atoms. The normalized spacial score (nSPS) is 15.0. The van der Waals surface area contributed by atoms with Gasteiger partial charge in [-0.1, -0.05) is 454 Å². The molecular formula is C129H105BBrIN4O2Si2. The minimum atomic E-state index is -2.71. The number of para-hydroxylation sites is 8. The van der Waals surface area contributed by atoms with Crippen molar-refractivity contribution in [1.82, 2.24) is 0 Å². The summed E-state index contributed by atoms with van der Waals surface area (Å²) in [5.41, 5.74) is 25.7. The number of hydrogen-bond acceptors (Lipinski definition) is 6. The van der Waals surface area contributed by atoms with E-state index in [1.807, 2.05) is 0 Å². The van der Waals surface area contributed by atoms with Crippen molar-refractivity contribution in [2.45, 2.75) is 57.2 Å². The van der Waals surface area contributed by atoms with Gasteiger partial charge in [-0.3, -0.25) is 0 Å². The van der Waals surface area contributed by atoms with E-state index in [0.717, 1.165) is 55.2 Å². The summed E-state index contributed by atoms with van der Waals surface area (Å²) in [4.78, 5) is 9.78. The number of hydrogen-bond donors (Lipinski definition) is 0. The third kappa shape index (κ3) is 15.2. The van der Waals surface area contributed by atoms with Crippen LogP contribution in [0, 0.1) is 0 Å². The van der Waals surface area contributed by atoms with E-state index in [4.69, 9.17) is 9.31 Å². The monoisotopic (exact) mass is 2010 g/mol. The molecule has 0 atom stereocenters. The molecule has 6 nitrogen and oxygen atoms in total. The van der Waals surface area contributed by atoms with Gasteiger partial charge in [0.05, 0.1) is 44.8 Å². The molecule has 0 amide bonds. The Kier molecular flexibility index (Phi) is 25.0. The van der Waals surface area contributed by atoms with Gasteiger partial charge in [-0.15, -0.1) is 24.0 Å². The first-order chi connectivity index (χ1) is 67.9. The molecule has 1 saturated heterocycles. The second-order valence-corrected chi connectivity index (χ2v) is 45.6.